The van der Waals surface area contributed by atoms with E-state index in [4.69, 9.17) is 4.74 Å². The van der Waals surface area contributed by atoms with Gasteiger partial charge in [0.2, 0.25) is 0 Å². The lowest BCUT2D eigenvalue weighted by Gasteiger charge is -2.11. The number of aryl methyl sites for hydroxylation is 2. The second-order valence-corrected chi connectivity index (χ2v) is 5.21. The molecular weight excluding hydrogens is 276 g/mol. The molecule has 116 valence electrons. The van der Waals surface area contributed by atoms with E-state index in [0.717, 1.165) is 23.4 Å². The maximum Gasteiger partial charge on any atom is 0.319 e. The summed E-state index contributed by atoms with van der Waals surface area (Å²) in [6, 6.07) is 15.4. The van der Waals surface area contributed by atoms with Crippen LogP contribution in [-0.2, 0) is 0 Å². The second-order valence-electron chi connectivity index (χ2n) is 5.21. The highest BCUT2D eigenvalue weighted by molar-refractivity contribution is 5.90. The molecule has 0 atom stereocenters. The van der Waals surface area contributed by atoms with Crippen molar-refractivity contribution in [2.24, 2.45) is 0 Å². The maximum absolute atomic E-state index is 11.8. The smallest absolute Gasteiger partial charge is 0.319 e. The van der Waals surface area contributed by atoms with Gasteiger partial charge in [-0.2, -0.15) is 0 Å². The lowest BCUT2D eigenvalue weighted by Crippen LogP contribution is -2.30. The summed E-state index contributed by atoms with van der Waals surface area (Å²) in [4.78, 5) is 11.8. The number of para-hydroxylation sites is 1. The molecule has 0 saturated heterocycles. The number of carbonyl (C=O) groups excluding carboxylic acids is 1. The van der Waals surface area contributed by atoms with Crippen molar-refractivity contribution in [2.45, 2.75) is 20.3 Å². The molecule has 0 heterocycles. The summed E-state index contributed by atoms with van der Waals surface area (Å²) >= 11 is 0. The van der Waals surface area contributed by atoms with E-state index in [9.17, 15) is 4.79 Å². The summed E-state index contributed by atoms with van der Waals surface area (Å²) in [6.45, 7) is 5.16. The highest BCUT2D eigenvalue weighted by Gasteiger charge is 2.03. The first kappa shape index (κ1) is 15.9. The Bertz CT molecular complexity index is 612. The van der Waals surface area contributed by atoms with E-state index in [1.807, 2.05) is 62.4 Å². The van der Waals surface area contributed by atoms with Crippen molar-refractivity contribution in [3.8, 4) is 5.75 Å². The molecule has 2 amide bonds. The van der Waals surface area contributed by atoms with Crippen molar-refractivity contribution >= 4 is 11.7 Å². The quantitative estimate of drug-likeness (QED) is 0.795. The summed E-state index contributed by atoms with van der Waals surface area (Å²) in [5.74, 6) is 0.849. The van der Waals surface area contributed by atoms with Crippen LogP contribution < -0.4 is 15.4 Å². The number of anilines is 1. The van der Waals surface area contributed by atoms with E-state index in [1.165, 1.54) is 5.56 Å². The van der Waals surface area contributed by atoms with Crippen LogP contribution in [0.2, 0.25) is 0 Å². The number of ether oxygens (including phenoxy) is 1. The predicted octanol–water partition coefficient (Wildman–Crippen LogP) is 3.89. The molecule has 0 aliphatic carbocycles. The van der Waals surface area contributed by atoms with Crippen LogP contribution in [0.1, 0.15) is 17.5 Å². The number of urea groups is 1. The average Bonchev–Trinajstić information content (AvgIpc) is 2.51. The Kier molecular flexibility index (Phi) is 5.83. The second kappa shape index (κ2) is 8.08. The van der Waals surface area contributed by atoms with E-state index in [-0.39, 0.29) is 6.03 Å². The molecule has 2 N–H and O–H groups in total. The molecule has 0 unspecified atom stereocenters. The van der Waals surface area contributed by atoms with E-state index in [1.54, 1.807) is 0 Å². The Labute approximate surface area is 131 Å². The molecule has 0 fully saturated rings. The van der Waals surface area contributed by atoms with Gasteiger partial charge in [0.1, 0.15) is 5.75 Å². The minimum atomic E-state index is -0.188. The molecule has 4 heteroatoms. The number of nitrogens with one attached hydrogen (secondary N) is 2. The van der Waals surface area contributed by atoms with E-state index >= 15 is 0 Å². The third-order valence-corrected chi connectivity index (χ3v) is 3.25. The molecule has 0 radical (unpaired) electrons. The fraction of sp³-hybridized carbons (Fsp3) is 0.278. The van der Waals surface area contributed by atoms with Gasteiger partial charge in [-0.15, -0.1) is 0 Å². The molecule has 0 saturated carbocycles. The molecule has 0 aromatic heterocycles. The maximum atomic E-state index is 11.8. The normalized spacial score (nSPS) is 10.1. The summed E-state index contributed by atoms with van der Waals surface area (Å²) < 4.78 is 5.57. The topological polar surface area (TPSA) is 50.4 Å². The average molecular weight is 298 g/mol. The first-order chi connectivity index (χ1) is 10.6. The van der Waals surface area contributed by atoms with Gasteiger partial charge in [-0.05, 0) is 44.0 Å². The van der Waals surface area contributed by atoms with Crippen LogP contribution in [0, 0.1) is 13.8 Å². The molecule has 0 bridgehead atoms. The molecule has 2 rings (SSSR count). The summed E-state index contributed by atoms with van der Waals surface area (Å²) in [7, 11) is 0. The molecule has 22 heavy (non-hydrogen) atoms. The number of rotatable bonds is 6. The Balaban J connectivity index is 1.65. The number of carbonyl (C=O) groups is 1. The molecule has 0 aliphatic rings. The predicted molar refractivity (Wildman–Crippen MR) is 89.5 cm³/mol. The van der Waals surface area contributed by atoms with Crippen LogP contribution in [-0.4, -0.2) is 19.2 Å². The van der Waals surface area contributed by atoms with Crippen molar-refractivity contribution in [3.05, 3.63) is 59.7 Å². The fourth-order valence-corrected chi connectivity index (χ4v) is 2.10. The zero-order chi connectivity index (χ0) is 15.8. The number of amides is 2. The van der Waals surface area contributed by atoms with Gasteiger partial charge in [-0.3, -0.25) is 0 Å². The Morgan fingerprint density at radius 1 is 1.09 bits per heavy atom. The van der Waals surface area contributed by atoms with Crippen LogP contribution in [0.4, 0.5) is 10.5 Å². The molecule has 0 spiro atoms. The largest absolute Gasteiger partial charge is 0.494 e. The van der Waals surface area contributed by atoms with Gasteiger partial charge in [0.15, 0.2) is 0 Å². The van der Waals surface area contributed by atoms with E-state index in [0.29, 0.717) is 13.2 Å². The van der Waals surface area contributed by atoms with Crippen LogP contribution in [0.15, 0.2) is 48.5 Å². The third kappa shape index (κ3) is 5.13. The van der Waals surface area contributed by atoms with Gasteiger partial charge >= 0.3 is 6.03 Å². The molecule has 4 nitrogen and oxygen atoms in total. The lowest BCUT2D eigenvalue weighted by atomic mass is 10.1. The van der Waals surface area contributed by atoms with Crippen molar-refractivity contribution < 1.29 is 9.53 Å². The summed E-state index contributed by atoms with van der Waals surface area (Å²) in [5, 5.41) is 5.68. The zero-order valence-corrected chi connectivity index (χ0v) is 13.1. The summed E-state index contributed by atoms with van der Waals surface area (Å²) in [6.07, 6.45) is 0.759. The van der Waals surface area contributed by atoms with Crippen molar-refractivity contribution in [1.29, 1.82) is 0 Å². The summed E-state index contributed by atoms with van der Waals surface area (Å²) in [5.41, 5.74) is 3.08. The van der Waals surface area contributed by atoms with Gasteiger partial charge in [0.05, 0.1) is 6.61 Å². The van der Waals surface area contributed by atoms with Gasteiger partial charge < -0.3 is 15.4 Å². The number of benzene rings is 2. The van der Waals surface area contributed by atoms with Gasteiger partial charge in [-0.25, -0.2) is 4.79 Å². The minimum Gasteiger partial charge on any atom is -0.494 e. The zero-order valence-electron chi connectivity index (χ0n) is 13.1. The molecule has 0 aliphatic heterocycles. The van der Waals surface area contributed by atoms with Crippen LogP contribution >= 0.6 is 0 Å². The van der Waals surface area contributed by atoms with E-state index < -0.39 is 0 Å². The number of hydrogen-bond acceptors (Lipinski definition) is 2. The Morgan fingerprint density at radius 2 is 1.86 bits per heavy atom. The molecule has 2 aromatic carbocycles. The fourth-order valence-electron chi connectivity index (χ4n) is 2.10. The monoisotopic (exact) mass is 298 g/mol. The highest BCUT2D eigenvalue weighted by Crippen LogP contribution is 2.15. The van der Waals surface area contributed by atoms with E-state index in [2.05, 4.69) is 10.6 Å². The Hall–Kier alpha value is -2.49. The first-order valence-electron chi connectivity index (χ1n) is 7.45. The van der Waals surface area contributed by atoms with Crippen molar-refractivity contribution in [3.63, 3.8) is 0 Å². The van der Waals surface area contributed by atoms with Crippen molar-refractivity contribution in [2.75, 3.05) is 18.5 Å². The first-order valence-corrected chi connectivity index (χ1v) is 7.45. The van der Waals surface area contributed by atoms with Gasteiger partial charge in [0.25, 0.3) is 0 Å². The van der Waals surface area contributed by atoms with Crippen molar-refractivity contribution in [1.82, 2.24) is 5.32 Å². The van der Waals surface area contributed by atoms with Crippen LogP contribution in [0.25, 0.3) is 0 Å². The Morgan fingerprint density at radius 3 is 2.59 bits per heavy atom. The van der Waals surface area contributed by atoms with Gasteiger partial charge in [0, 0.05) is 12.2 Å². The molecule has 2 aromatic rings. The minimum absolute atomic E-state index is 0.188. The lowest BCUT2D eigenvalue weighted by molar-refractivity contribution is 0.250. The standard InChI is InChI=1S/C18H22N2O2/c1-14-9-10-17(15(2)13-14)20-18(21)19-11-6-12-22-16-7-4-3-5-8-16/h3-5,7-10,13H,6,11-12H2,1-2H3,(H2,19,20,21). The van der Waals surface area contributed by atoms with Crippen LogP contribution in [0.5, 0.6) is 5.75 Å². The van der Waals surface area contributed by atoms with Crippen LogP contribution in [0.3, 0.4) is 0 Å². The van der Waals surface area contributed by atoms with Gasteiger partial charge in [-0.1, -0.05) is 35.9 Å². The highest BCUT2D eigenvalue weighted by atomic mass is 16.5. The SMILES string of the molecule is Cc1ccc(NC(=O)NCCCOc2ccccc2)c(C)c1. The molecular formula is C18H22N2O2. The number of hydrogen-bond donors (Lipinski definition) is 2. The third-order valence-electron chi connectivity index (χ3n) is 3.25.